The Morgan fingerprint density at radius 3 is 2.53 bits per heavy atom. The molecule has 1 aromatic rings. The number of nitrogens with zero attached hydrogens (tertiary/aromatic N) is 3. The van der Waals surface area contributed by atoms with Gasteiger partial charge in [-0.25, -0.2) is 0 Å². The molecule has 0 aromatic carbocycles. The van der Waals surface area contributed by atoms with E-state index in [0.717, 1.165) is 18.8 Å². The van der Waals surface area contributed by atoms with Gasteiger partial charge in [-0.3, -0.25) is 9.58 Å². The Balaban J connectivity index is 2.70. The predicted octanol–water partition coefficient (Wildman–Crippen LogP) is 0.478. The van der Waals surface area contributed by atoms with Gasteiger partial charge in [0.25, 0.3) is 0 Å². The first kappa shape index (κ1) is 14.2. The molecule has 0 bridgehead atoms. The molecule has 0 radical (unpaired) electrons. The van der Waals surface area contributed by atoms with Crippen LogP contribution in [-0.2, 0) is 18.3 Å². The Hall–Kier alpha value is -0.910. The van der Waals surface area contributed by atoms with Crippen molar-refractivity contribution in [1.82, 2.24) is 14.7 Å². The van der Waals surface area contributed by atoms with Gasteiger partial charge in [0.15, 0.2) is 0 Å². The van der Waals surface area contributed by atoms with Crippen LogP contribution in [0.5, 0.6) is 0 Å². The van der Waals surface area contributed by atoms with Crippen LogP contribution >= 0.6 is 0 Å². The molecule has 0 atom stereocenters. The molecule has 0 fully saturated rings. The average molecular weight is 241 g/mol. The van der Waals surface area contributed by atoms with Crippen molar-refractivity contribution in [2.75, 3.05) is 33.4 Å². The fourth-order valence-electron chi connectivity index (χ4n) is 1.90. The SMILES string of the molecule is COCCN(CCO)Cc1c(C)nn(C)c1C. The molecule has 5 heteroatoms. The van der Waals surface area contributed by atoms with Crippen LogP contribution in [0.4, 0.5) is 0 Å². The molecule has 0 saturated heterocycles. The molecule has 1 N–H and O–H groups in total. The van der Waals surface area contributed by atoms with Crippen LogP contribution in [0.15, 0.2) is 0 Å². The largest absolute Gasteiger partial charge is 0.395 e. The fraction of sp³-hybridized carbons (Fsp3) is 0.750. The summed E-state index contributed by atoms with van der Waals surface area (Å²) in [5.41, 5.74) is 3.49. The summed E-state index contributed by atoms with van der Waals surface area (Å²) in [6.07, 6.45) is 0. The Morgan fingerprint density at radius 1 is 1.35 bits per heavy atom. The number of rotatable bonds is 7. The standard InChI is InChI=1S/C12H23N3O2/c1-10-12(11(2)14(3)13-10)9-15(5-7-16)6-8-17-4/h16H,5-9H2,1-4H3. The van der Waals surface area contributed by atoms with Crippen molar-refractivity contribution in [3.05, 3.63) is 17.0 Å². The Morgan fingerprint density at radius 2 is 2.06 bits per heavy atom. The number of aliphatic hydroxyl groups is 1. The summed E-state index contributed by atoms with van der Waals surface area (Å²) in [7, 11) is 3.65. The molecule has 0 aliphatic heterocycles. The number of methoxy groups -OCH3 is 1. The number of hydrogen-bond donors (Lipinski definition) is 1. The lowest BCUT2D eigenvalue weighted by Gasteiger charge is -2.21. The van der Waals surface area contributed by atoms with E-state index >= 15 is 0 Å². The zero-order valence-electron chi connectivity index (χ0n) is 11.2. The summed E-state index contributed by atoms with van der Waals surface area (Å²) in [4.78, 5) is 2.18. The second kappa shape index (κ2) is 6.74. The van der Waals surface area contributed by atoms with E-state index in [2.05, 4.69) is 16.9 Å². The zero-order chi connectivity index (χ0) is 12.8. The number of ether oxygens (including phenoxy) is 1. The first-order valence-corrected chi connectivity index (χ1v) is 5.91. The third kappa shape index (κ3) is 3.80. The first-order valence-electron chi connectivity index (χ1n) is 5.91. The minimum Gasteiger partial charge on any atom is -0.395 e. The molecule has 1 aromatic heterocycles. The van der Waals surface area contributed by atoms with Gasteiger partial charge in [0.1, 0.15) is 0 Å². The van der Waals surface area contributed by atoms with E-state index in [1.54, 1.807) is 7.11 Å². The van der Waals surface area contributed by atoms with E-state index in [4.69, 9.17) is 9.84 Å². The topological polar surface area (TPSA) is 50.5 Å². The van der Waals surface area contributed by atoms with E-state index < -0.39 is 0 Å². The number of hydrogen-bond acceptors (Lipinski definition) is 4. The second-order valence-corrected chi connectivity index (χ2v) is 4.27. The molecule has 98 valence electrons. The highest BCUT2D eigenvalue weighted by molar-refractivity contribution is 5.24. The Kier molecular flexibility index (Phi) is 5.61. The van der Waals surface area contributed by atoms with E-state index in [0.29, 0.717) is 13.2 Å². The summed E-state index contributed by atoms with van der Waals surface area (Å²) in [6, 6.07) is 0. The molecule has 1 rings (SSSR count). The number of aliphatic hydroxyl groups excluding tert-OH is 1. The molecule has 0 spiro atoms. The highest BCUT2D eigenvalue weighted by Crippen LogP contribution is 2.14. The van der Waals surface area contributed by atoms with Gasteiger partial charge in [-0.05, 0) is 13.8 Å². The lowest BCUT2D eigenvalue weighted by Crippen LogP contribution is -2.30. The van der Waals surface area contributed by atoms with Gasteiger partial charge in [0, 0.05) is 45.0 Å². The smallest absolute Gasteiger partial charge is 0.0641 e. The molecule has 0 saturated carbocycles. The van der Waals surface area contributed by atoms with Crippen LogP contribution in [-0.4, -0.2) is 53.2 Å². The van der Waals surface area contributed by atoms with Gasteiger partial charge in [-0.1, -0.05) is 0 Å². The maximum Gasteiger partial charge on any atom is 0.0641 e. The van der Waals surface area contributed by atoms with Gasteiger partial charge in [0.2, 0.25) is 0 Å². The van der Waals surface area contributed by atoms with Crippen molar-refractivity contribution >= 4 is 0 Å². The van der Waals surface area contributed by atoms with Crippen LogP contribution in [0.2, 0.25) is 0 Å². The lowest BCUT2D eigenvalue weighted by atomic mass is 10.2. The first-order chi connectivity index (χ1) is 8.10. The molecule has 0 aliphatic carbocycles. The van der Waals surface area contributed by atoms with E-state index in [9.17, 15) is 0 Å². The predicted molar refractivity (Wildman–Crippen MR) is 66.9 cm³/mol. The average Bonchev–Trinajstić information content (AvgIpc) is 2.53. The summed E-state index contributed by atoms with van der Waals surface area (Å²) in [5.74, 6) is 0. The van der Waals surface area contributed by atoms with Crippen molar-refractivity contribution < 1.29 is 9.84 Å². The molecular weight excluding hydrogens is 218 g/mol. The fourth-order valence-corrected chi connectivity index (χ4v) is 1.90. The number of aromatic nitrogens is 2. The lowest BCUT2D eigenvalue weighted by molar-refractivity contribution is 0.126. The van der Waals surface area contributed by atoms with E-state index in [1.165, 1.54) is 11.3 Å². The Bertz CT molecular complexity index is 350. The van der Waals surface area contributed by atoms with Gasteiger partial charge in [-0.15, -0.1) is 0 Å². The van der Waals surface area contributed by atoms with Crippen molar-refractivity contribution in [2.45, 2.75) is 20.4 Å². The van der Waals surface area contributed by atoms with E-state index in [-0.39, 0.29) is 6.61 Å². The van der Waals surface area contributed by atoms with Crippen molar-refractivity contribution in [1.29, 1.82) is 0 Å². The van der Waals surface area contributed by atoms with Crippen LogP contribution in [0.1, 0.15) is 17.0 Å². The van der Waals surface area contributed by atoms with Crippen LogP contribution in [0, 0.1) is 13.8 Å². The summed E-state index contributed by atoms with van der Waals surface area (Å²) in [6.45, 7) is 7.25. The minimum absolute atomic E-state index is 0.169. The summed E-state index contributed by atoms with van der Waals surface area (Å²) in [5, 5.41) is 13.5. The number of aryl methyl sites for hydroxylation is 2. The quantitative estimate of drug-likeness (QED) is 0.754. The molecule has 0 amide bonds. The summed E-state index contributed by atoms with van der Waals surface area (Å²) >= 11 is 0. The third-order valence-electron chi connectivity index (χ3n) is 3.07. The zero-order valence-corrected chi connectivity index (χ0v) is 11.2. The monoisotopic (exact) mass is 241 g/mol. The molecule has 5 nitrogen and oxygen atoms in total. The van der Waals surface area contributed by atoms with Crippen LogP contribution in [0.25, 0.3) is 0 Å². The van der Waals surface area contributed by atoms with E-state index in [1.807, 2.05) is 18.7 Å². The molecule has 17 heavy (non-hydrogen) atoms. The van der Waals surface area contributed by atoms with Gasteiger partial charge < -0.3 is 9.84 Å². The minimum atomic E-state index is 0.169. The maximum atomic E-state index is 9.05. The van der Waals surface area contributed by atoms with Gasteiger partial charge >= 0.3 is 0 Å². The maximum absolute atomic E-state index is 9.05. The molecule has 0 unspecified atom stereocenters. The second-order valence-electron chi connectivity index (χ2n) is 4.27. The third-order valence-corrected chi connectivity index (χ3v) is 3.07. The van der Waals surface area contributed by atoms with Gasteiger partial charge in [-0.2, -0.15) is 5.10 Å². The highest BCUT2D eigenvalue weighted by atomic mass is 16.5. The van der Waals surface area contributed by atoms with Crippen LogP contribution < -0.4 is 0 Å². The van der Waals surface area contributed by atoms with Gasteiger partial charge in [0.05, 0.1) is 18.9 Å². The normalized spacial score (nSPS) is 11.4. The Labute approximate surface area is 103 Å². The highest BCUT2D eigenvalue weighted by Gasteiger charge is 2.13. The molecule has 1 heterocycles. The van der Waals surface area contributed by atoms with Crippen molar-refractivity contribution in [2.24, 2.45) is 7.05 Å². The molecule has 0 aliphatic rings. The molecular formula is C12H23N3O2. The van der Waals surface area contributed by atoms with Crippen LogP contribution in [0.3, 0.4) is 0 Å². The van der Waals surface area contributed by atoms with Crippen molar-refractivity contribution in [3.8, 4) is 0 Å². The van der Waals surface area contributed by atoms with Crippen molar-refractivity contribution in [3.63, 3.8) is 0 Å². The summed E-state index contributed by atoms with van der Waals surface area (Å²) < 4.78 is 6.98.